The molecule has 0 rings (SSSR count). The van der Waals surface area contributed by atoms with Gasteiger partial charge in [-0.1, -0.05) is 26.7 Å². The van der Waals surface area contributed by atoms with E-state index in [1.165, 1.54) is 0 Å². The topological polar surface area (TPSA) is 67.9 Å². The molecule has 0 aromatic rings. The van der Waals surface area contributed by atoms with Crippen LogP contribution in [-0.2, 0) is 9.47 Å². The predicted octanol–water partition coefficient (Wildman–Crippen LogP) is 3.80. The number of hydrogen-bond donors (Lipinski definition) is 1. The monoisotopic (exact) mass is 330 g/mol. The molecule has 0 aromatic heterocycles. The Labute approximate surface area is 140 Å². The highest BCUT2D eigenvalue weighted by Gasteiger charge is 2.28. The Morgan fingerprint density at radius 2 is 1.74 bits per heavy atom. The minimum atomic E-state index is -0.454. The highest BCUT2D eigenvalue weighted by molar-refractivity contribution is 5.67. The Kier molecular flexibility index (Phi) is 10.4. The summed E-state index contributed by atoms with van der Waals surface area (Å²) < 4.78 is 10.3. The number of hydrogen-bond acceptors (Lipinski definition) is 4. The number of carbonyl (C=O) groups is 2. The van der Waals surface area contributed by atoms with E-state index in [-0.39, 0.29) is 18.1 Å². The molecule has 0 atom stereocenters. The average Bonchev–Trinajstić information content (AvgIpc) is 2.45. The minimum Gasteiger partial charge on any atom is -0.450 e. The molecule has 6 heteroatoms. The maximum absolute atomic E-state index is 12.0. The van der Waals surface area contributed by atoms with Gasteiger partial charge < -0.3 is 19.7 Å². The largest absolute Gasteiger partial charge is 0.450 e. The molecule has 0 aromatic carbocycles. The van der Waals surface area contributed by atoms with E-state index < -0.39 is 5.60 Å². The number of amides is 2. The van der Waals surface area contributed by atoms with Gasteiger partial charge in [0.15, 0.2) is 0 Å². The van der Waals surface area contributed by atoms with Crippen LogP contribution in [0.1, 0.15) is 60.3 Å². The maximum Gasteiger partial charge on any atom is 0.410 e. The van der Waals surface area contributed by atoms with E-state index in [1.54, 1.807) is 18.9 Å². The molecule has 0 aliphatic rings. The molecule has 1 N–H and O–H groups in total. The van der Waals surface area contributed by atoms with Gasteiger partial charge in [-0.15, -0.1) is 0 Å². The number of rotatable bonds is 10. The van der Waals surface area contributed by atoms with E-state index in [4.69, 9.17) is 9.47 Å². The van der Waals surface area contributed by atoms with Crippen LogP contribution < -0.4 is 5.32 Å². The van der Waals surface area contributed by atoms with Gasteiger partial charge in [-0.2, -0.15) is 0 Å². The van der Waals surface area contributed by atoms with Crippen LogP contribution in [0.15, 0.2) is 0 Å². The molecule has 0 saturated carbocycles. The maximum atomic E-state index is 12.0. The molecule has 0 spiro atoms. The lowest BCUT2D eigenvalue weighted by Gasteiger charge is -2.31. The lowest BCUT2D eigenvalue weighted by molar-refractivity contribution is -0.0117. The van der Waals surface area contributed by atoms with Crippen LogP contribution in [0.25, 0.3) is 0 Å². The van der Waals surface area contributed by atoms with Crippen molar-refractivity contribution in [2.24, 2.45) is 5.92 Å². The zero-order valence-corrected chi connectivity index (χ0v) is 15.6. The molecule has 136 valence electrons. The van der Waals surface area contributed by atoms with Crippen LogP contribution in [0.5, 0.6) is 0 Å². The van der Waals surface area contributed by atoms with E-state index in [0.29, 0.717) is 19.7 Å². The van der Waals surface area contributed by atoms with Crippen molar-refractivity contribution in [2.45, 2.75) is 65.9 Å². The zero-order valence-electron chi connectivity index (χ0n) is 15.6. The fourth-order valence-corrected chi connectivity index (χ4v) is 1.71. The minimum absolute atomic E-state index is 0.270. The second-order valence-electron chi connectivity index (χ2n) is 6.61. The predicted molar refractivity (Wildman–Crippen MR) is 91.5 cm³/mol. The summed E-state index contributed by atoms with van der Waals surface area (Å²) in [5, 5.41) is 2.69. The second-order valence-corrected chi connectivity index (χ2v) is 6.61. The molecule has 0 radical (unpaired) electrons. The van der Waals surface area contributed by atoms with E-state index >= 15 is 0 Å². The third kappa shape index (κ3) is 10.0. The van der Waals surface area contributed by atoms with Crippen LogP contribution in [0.4, 0.5) is 9.59 Å². The van der Waals surface area contributed by atoms with Crippen molar-refractivity contribution in [3.05, 3.63) is 0 Å². The van der Waals surface area contributed by atoms with Crippen molar-refractivity contribution >= 4 is 12.2 Å². The summed E-state index contributed by atoms with van der Waals surface area (Å²) in [5.74, 6) is 0.270. The Bertz CT molecular complexity index is 357. The molecule has 0 aliphatic heterocycles. The van der Waals surface area contributed by atoms with Crippen LogP contribution in [-0.4, -0.2) is 49.4 Å². The fraction of sp³-hybridized carbons (Fsp3) is 0.882. The molecule has 6 nitrogen and oxygen atoms in total. The van der Waals surface area contributed by atoms with Crippen molar-refractivity contribution in [1.82, 2.24) is 10.2 Å². The summed E-state index contributed by atoms with van der Waals surface area (Å²) in [5.41, 5.74) is -0.454. The lowest BCUT2D eigenvalue weighted by atomic mass is 9.95. The molecule has 0 heterocycles. The first-order valence-electron chi connectivity index (χ1n) is 8.55. The molecular formula is C17H34N2O4. The molecule has 0 aliphatic carbocycles. The first-order valence-corrected chi connectivity index (χ1v) is 8.55. The summed E-state index contributed by atoms with van der Waals surface area (Å²) in [6.45, 7) is 11.4. The quantitative estimate of drug-likeness (QED) is 0.619. The van der Waals surface area contributed by atoms with Crippen LogP contribution in [0.2, 0.25) is 0 Å². The van der Waals surface area contributed by atoms with Crippen molar-refractivity contribution in [3.63, 3.8) is 0 Å². The highest BCUT2D eigenvalue weighted by atomic mass is 16.6. The smallest absolute Gasteiger partial charge is 0.410 e. The van der Waals surface area contributed by atoms with Gasteiger partial charge in [0.05, 0.1) is 6.61 Å². The zero-order chi connectivity index (χ0) is 17.9. The molecule has 0 unspecified atom stereocenters. The van der Waals surface area contributed by atoms with E-state index in [1.807, 2.05) is 27.7 Å². The van der Waals surface area contributed by atoms with E-state index in [0.717, 1.165) is 25.7 Å². The van der Waals surface area contributed by atoms with Gasteiger partial charge in [0.2, 0.25) is 0 Å². The Morgan fingerprint density at radius 3 is 2.30 bits per heavy atom. The molecule has 0 bridgehead atoms. The van der Waals surface area contributed by atoms with Crippen molar-refractivity contribution in [3.8, 4) is 0 Å². The highest BCUT2D eigenvalue weighted by Crippen LogP contribution is 2.21. The van der Waals surface area contributed by atoms with E-state index in [2.05, 4.69) is 5.32 Å². The number of nitrogens with one attached hydrogen (secondary N) is 1. The lowest BCUT2D eigenvalue weighted by Crippen LogP contribution is -2.39. The summed E-state index contributed by atoms with van der Waals surface area (Å²) in [7, 11) is 1.76. The normalized spacial score (nSPS) is 11.3. The molecule has 23 heavy (non-hydrogen) atoms. The Morgan fingerprint density at radius 1 is 1.13 bits per heavy atom. The first kappa shape index (κ1) is 21.5. The summed E-state index contributed by atoms with van der Waals surface area (Å²) in [4.78, 5) is 24.7. The SMILES string of the molecule is CCOC(=O)NCCCCCCN(C)C(=O)OC(C)(C)C(C)C. The molecule has 0 saturated heterocycles. The van der Waals surface area contributed by atoms with Gasteiger partial charge in [-0.25, -0.2) is 9.59 Å². The average molecular weight is 330 g/mol. The fourth-order valence-electron chi connectivity index (χ4n) is 1.71. The molecule has 2 amide bonds. The van der Waals surface area contributed by atoms with Gasteiger partial charge in [0, 0.05) is 20.1 Å². The third-order valence-corrected chi connectivity index (χ3v) is 4.02. The number of ether oxygens (including phenoxy) is 2. The number of nitrogens with zero attached hydrogens (tertiary/aromatic N) is 1. The van der Waals surface area contributed by atoms with Crippen LogP contribution in [0, 0.1) is 5.92 Å². The van der Waals surface area contributed by atoms with E-state index in [9.17, 15) is 9.59 Å². The van der Waals surface area contributed by atoms with Crippen molar-refractivity contribution < 1.29 is 19.1 Å². The second kappa shape index (κ2) is 11.1. The first-order chi connectivity index (χ1) is 10.7. The van der Waals surface area contributed by atoms with Crippen molar-refractivity contribution in [2.75, 3.05) is 26.7 Å². The van der Waals surface area contributed by atoms with Gasteiger partial charge >= 0.3 is 12.2 Å². The summed E-state index contributed by atoms with van der Waals surface area (Å²) in [6.07, 6.45) is 3.22. The number of alkyl carbamates (subject to hydrolysis) is 1. The van der Waals surface area contributed by atoms with Gasteiger partial charge in [-0.3, -0.25) is 0 Å². The van der Waals surface area contributed by atoms with Crippen molar-refractivity contribution in [1.29, 1.82) is 0 Å². The Balaban J connectivity index is 3.72. The Hall–Kier alpha value is -1.46. The van der Waals surface area contributed by atoms with Crippen LogP contribution >= 0.6 is 0 Å². The van der Waals surface area contributed by atoms with Crippen LogP contribution in [0.3, 0.4) is 0 Å². The molecular weight excluding hydrogens is 296 g/mol. The van der Waals surface area contributed by atoms with Gasteiger partial charge in [-0.05, 0) is 39.5 Å². The summed E-state index contributed by atoms with van der Waals surface area (Å²) in [6, 6.07) is 0. The number of unbranched alkanes of at least 4 members (excludes halogenated alkanes) is 3. The third-order valence-electron chi connectivity index (χ3n) is 4.02. The standard InChI is InChI=1S/C17H34N2O4/c1-7-22-15(20)18-12-10-8-9-11-13-19(6)16(21)23-17(4,5)14(2)3/h14H,7-13H2,1-6H3,(H,18,20). The van der Waals surface area contributed by atoms with Gasteiger partial charge in [0.25, 0.3) is 0 Å². The van der Waals surface area contributed by atoms with Gasteiger partial charge in [0.1, 0.15) is 5.60 Å². The summed E-state index contributed by atoms with van der Waals surface area (Å²) >= 11 is 0. The molecule has 0 fully saturated rings. The number of carbonyl (C=O) groups excluding carboxylic acids is 2.